The number of rotatable bonds is 6. The van der Waals surface area contributed by atoms with Crippen LogP contribution in [0.3, 0.4) is 0 Å². The molecule has 0 spiro atoms. The van der Waals surface area contributed by atoms with Gasteiger partial charge in [-0.25, -0.2) is 4.79 Å². The van der Waals surface area contributed by atoms with Crippen molar-refractivity contribution in [3.8, 4) is 11.5 Å². The highest BCUT2D eigenvalue weighted by atomic mass is 16.6. The van der Waals surface area contributed by atoms with Crippen LogP contribution in [0.5, 0.6) is 11.5 Å². The summed E-state index contributed by atoms with van der Waals surface area (Å²) in [5.41, 5.74) is 7.08. The third-order valence-corrected chi connectivity index (χ3v) is 2.77. The van der Waals surface area contributed by atoms with E-state index in [0.717, 1.165) is 11.3 Å². The van der Waals surface area contributed by atoms with Gasteiger partial charge in [0.1, 0.15) is 18.1 Å². The van der Waals surface area contributed by atoms with Crippen molar-refractivity contribution >= 4 is 11.7 Å². The Bertz CT molecular complexity index is 595. The number of ether oxygens (including phenoxy) is 3. The molecule has 2 aromatic carbocycles. The van der Waals surface area contributed by atoms with Crippen LogP contribution in [0.25, 0.3) is 0 Å². The summed E-state index contributed by atoms with van der Waals surface area (Å²) in [6.07, 6.45) is 0. The highest BCUT2D eigenvalue weighted by Gasteiger charge is 2.05. The van der Waals surface area contributed by atoms with E-state index < -0.39 is 5.97 Å². The fourth-order valence-electron chi connectivity index (χ4n) is 1.67. The van der Waals surface area contributed by atoms with Crippen LogP contribution in [0.4, 0.5) is 5.69 Å². The monoisotopic (exact) mass is 287 g/mol. The molecule has 21 heavy (non-hydrogen) atoms. The molecule has 0 unspecified atom stereocenters. The van der Waals surface area contributed by atoms with Gasteiger partial charge in [0.15, 0.2) is 6.61 Å². The van der Waals surface area contributed by atoms with Crippen molar-refractivity contribution in [2.75, 3.05) is 19.5 Å². The van der Waals surface area contributed by atoms with Crippen LogP contribution < -0.4 is 15.2 Å². The summed E-state index contributed by atoms with van der Waals surface area (Å²) in [4.78, 5) is 11.6. The molecule has 0 fully saturated rings. The number of nitrogens with two attached hydrogens (primary N) is 1. The average molecular weight is 287 g/mol. The molecule has 5 heteroatoms. The number of esters is 1. The molecular weight excluding hydrogens is 270 g/mol. The second-order valence-corrected chi connectivity index (χ2v) is 4.37. The number of methoxy groups -OCH3 is 1. The first kappa shape index (κ1) is 14.7. The first-order chi connectivity index (χ1) is 10.2. The van der Waals surface area contributed by atoms with Crippen LogP contribution in [0.15, 0.2) is 48.5 Å². The molecule has 5 nitrogen and oxygen atoms in total. The van der Waals surface area contributed by atoms with Gasteiger partial charge in [-0.15, -0.1) is 0 Å². The van der Waals surface area contributed by atoms with Crippen molar-refractivity contribution in [2.45, 2.75) is 6.61 Å². The van der Waals surface area contributed by atoms with Crippen molar-refractivity contribution in [3.05, 3.63) is 54.1 Å². The molecule has 0 atom stereocenters. The van der Waals surface area contributed by atoms with Gasteiger partial charge in [-0.1, -0.05) is 18.2 Å². The molecule has 0 saturated heterocycles. The third-order valence-electron chi connectivity index (χ3n) is 2.77. The van der Waals surface area contributed by atoms with E-state index in [4.69, 9.17) is 19.9 Å². The molecule has 2 N–H and O–H groups in total. The smallest absolute Gasteiger partial charge is 0.344 e. The lowest BCUT2D eigenvalue weighted by Crippen LogP contribution is -2.14. The molecule has 0 radical (unpaired) electrons. The molecule has 0 aliphatic carbocycles. The molecular formula is C16H17NO4. The second-order valence-electron chi connectivity index (χ2n) is 4.37. The second kappa shape index (κ2) is 7.19. The molecule has 0 aromatic heterocycles. The summed E-state index contributed by atoms with van der Waals surface area (Å²) in [5, 5.41) is 0. The van der Waals surface area contributed by atoms with Crippen molar-refractivity contribution in [1.82, 2.24) is 0 Å². The Kier molecular flexibility index (Phi) is 5.04. The number of carbonyl (C=O) groups excluding carboxylic acids is 1. The van der Waals surface area contributed by atoms with E-state index in [0.29, 0.717) is 11.4 Å². The molecule has 0 aliphatic rings. The normalized spacial score (nSPS) is 9.95. The van der Waals surface area contributed by atoms with Gasteiger partial charge in [0.25, 0.3) is 0 Å². The molecule has 2 aromatic rings. The number of nitrogen functional groups attached to an aromatic ring is 1. The Morgan fingerprint density at radius 1 is 1.10 bits per heavy atom. The average Bonchev–Trinajstić information content (AvgIpc) is 2.51. The summed E-state index contributed by atoms with van der Waals surface area (Å²) in [6.45, 7) is 0.0444. The van der Waals surface area contributed by atoms with Crippen molar-refractivity contribution in [2.24, 2.45) is 0 Å². The lowest BCUT2D eigenvalue weighted by Gasteiger charge is -2.08. The molecule has 0 aliphatic heterocycles. The van der Waals surface area contributed by atoms with Gasteiger partial charge >= 0.3 is 5.97 Å². The van der Waals surface area contributed by atoms with E-state index in [-0.39, 0.29) is 13.2 Å². The van der Waals surface area contributed by atoms with E-state index in [2.05, 4.69) is 0 Å². The standard InChI is InChI=1S/C16H17NO4/c1-19-14-7-5-12(6-8-14)10-21-16(18)11-20-15-4-2-3-13(17)9-15/h2-9H,10-11,17H2,1H3. The third kappa shape index (κ3) is 4.72. The molecule has 0 saturated carbocycles. The van der Waals surface area contributed by atoms with Crippen LogP contribution in [0, 0.1) is 0 Å². The van der Waals surface area contributed by atoms with Gasteiger partial charge in [-0.05, 0) is 29.8 Å². The number of benzene rings is 2. The highest BCUT2D eigenvalue weighted by Crippen LogP contribution is 2.15. The molecule has 0 bridgehead atoms. The first-order valence-electron chi connectivity index (χ1n) is 6.44. The minimum atomic E-state index is -0.437. The Morgan fingerprint density at radius 2 is 1.86 bits per heavy atom. The van der Waals surface area contributed by atoms with E-state index in [9.17, 15) is 4.79 Å². The number of hydrogen-bond donors (Lipinski definition) is 1. The van der Waals surface area contributed by atoms with Gasteiger partial charge in [0.05, 0.1) is 7.11 Å². The highest BCUT2D eigenvalue weighted by molar-refractivity contribution is 5.71. The molecule has 2 rings (SSSR count). The van der Waals surface area contributed by atoms with Gasteiger partial charge in [0, 0.05) is 11.8 Å². The van der Waals surface area contributed by atoms with Crippen LogP contribution in [-0.2, 0) is 16.1 Å². The zero-order valence-corrected chi connectivity index (χ0v) is 11.7. The van der Waals surface area contributed by atoms with Crippen LogP contribution >= 0.6 is 0 Å². The number of anilines is 1. The minimum absolute atomic E-state index is 0.153. The Morgan fingerprint density at radius 3 is 2.52 bits per heavy atom. The predicted molar refractivity (Wildman–Crippen MR) is 79.1 cm³/mol. The van der Waals surface area contributed by atoms with E-state index in [1.54, 1.807) is 31.4 Å². The zero-order valence-electron chi connectivity index (χ0n) is 11.7. The summed E-state index contributed by atoms with van der Waals surface area (Å²) in [7, 11) is 1.60. The predicted octanol–water partition coefficient (Wildman–Crippen LogP) is 2.40. The first-order valence-corrected chi connectivity index (χ1v) is 6.44. The quantitative estimate of drug-likeness (QED) is 0.652. The summed E-state index contributed by atoms with van der Waals surface area (Å²) in [5.74, 6) is 0.861. The van der Waals surface area contributed by atoms with Crippen LogP contribution in [0.2, 0.25) is 0 Å². The van der Waals surface area contributed by atoms with Crippen molar-refractivity contribution in [1.29, 1.82) is 0 Å². The fraction of sp³-hybridized carbons (Fsp3) is 0.188. The van der Waals surface area contributed by atoms with E-state index >= 15 is 0 Å². The molecule has 0 heterocycles. The van der Waals surface area contributed by atoms with Gasteiger partial charge in [-0.2, -0.15) is 0 Å². The van der Waals surface area contributed by atoms with Gasteiger partial charge in [0.2, 0.25) is 0 Å². The van der Waals surface area contributed by atoms with Crippen LogP contribution in [0.1, 0.15) is 5.56 Å². The lowest BCUT2D eigenvalue weighted by molar-refractivity contribution is -0.147. The van der Waals surface area contributed by atoms with Gasteiger partial charge < -0.3 is 19.9 Å². The Hall–Kier alpha value is -2.69. The summed E-state index contributed by atoms with van der Waals surface area (Å²) >= 11 is 0. The Balaban J connectivity index is 1.76. The van der Waals surface area contributed by atoms with Gasteiger partial charge in [-0.3, -0.25) is 0 Å². The maximum Gasteiger partial charge on any atom is 0.344 e. The maximum atomic E-state index is 11.6. The fourth-order valence-corrected chi connectivity index (χ4v) is 1.67. The zero-order chi connectivity index (χ0) is 15.1. The minimum Gasteiger partial charge on any atom is -0.497 e. The lowest BCUT2D eigenvalue weighted by atomic mass is 10.2. The molecule has 110 valence electrons. The summed E-state index contributed by atoms with van der Waals surface area (Å²) in [6, 6.07) is 14.2. The SMILES string of the molecule is COc1ccc(COC(=O)COc2cccc(N)c2)cc1. The van der Waals surface area contributed by atoms with Crippen molar-refractivity contribution in [3.63, 3.8) is 0 Å². The maximum absolute atomic E-state index is 11.6. The Labute approximate surface area is 123 Å². The largest absolute Gasteiger partial charge is 0.497 e. The van der Waals surface area contributed by atoms with Crippen LogP contribution in [-0.4, -0.2) is 19.7 Å². The topological polar surface area (TPSA) is 70.8 Å². The van der Waals surface area contributed by atoms with Crippen molar-refractivity contribution < 1.29 is 19.0 Å². The number of hydrogen-bond acceptors (Lipinski definition) is 5. The van der Waals surface area contributed by atoms with E-state index in [1.165, 1.54) is 0 Å². The summed E-state index contributed by atoms with van der Waals surface area (Å²) < 4.78 is 15.5. The molecule has 0 amide bonds. The van der Waals surface area contributed by atoms with E-state index in [1.807, 2.05) is 24.3 Å². The number of carbonyl (C=O) groups is 1.